The van der Waals surface area contributed by atoms with Gasteiger partial charge in [-0.15, -0.1) is 11.3 Å². The molecule has 0 aliphatic carbocycles. The van der Waals surface area contributed by atoms with E-state index in [-0.39, 0.29) is 0 Å². The average Bonchev–Trinajstić information content (AvgIpc) is 2.82. The van der Waals surface area contributed by atoms with E-state index < -0.39 is 0 Å². The summed E-state index contributed by atoms with van der Waals surface area (Å²) in [6.45, 7) is 1.49. The Balaban J connectivity index is 1.85. The largest absolute Gasteiger partial charge is 0.481 e. The Bertz CT molecular complexity index is 431. The van der Waals surface area contributed by atoms with Crippen LogP contribution in [0.5, 0.6) is 5.88 Å². The second kappa shape index (κ2) is 5.58. The Morgan fingerprint density at radius 2 is 2.31 bits per heavy atom. The SMILES string of the molecule is COc1cccc(CNCc2nccs2)n1. The van der Waals surface area contributed by atoms with Crippen molar-refractivity contribution in [3.8, 4) is 5.88 Å². The fraction of sp³-hybridized carbons (Fsp3) is 0.273. The molecule has 2 aromatic heterocycles. The van der Waals surface area contributed by atoms with Gasteiger partial charge in [0.1, 0.15) is 5.01 Å². The van der Waals surface area contributed by atoms with Crippen LogP contribution in [0.2, 0.25) is 0 Å². The number of hydrogen-bond acceptors (Lipinski definition) is 5. The van der Waals surface area contributed by atoms with Crippen molar-refractivity contribution in [3.05, 3.63) is 40.5 Å². The molecule has 1 N–H and O–H groups in total. The van der Waals surface area contributed by atoms with Crippen molar-refractivity contribution in [2.24, 2.45) is 0 Å². The number of nitrogens with zero attached hydrogens (tertiary/aromatic N) is 2. The first-order chi connectivity index (χ1) is 7.88. The van der Waals surface area contributed by atoms with Gasteiger partial charge in [0.25, 0.3) is 0 Å². The minimum atomic E-state index is 0.647. The van der Waals surface area contributed by atoms with Crippen LogP contribution in [0.25, 0.3) is 0 Å². The lowest BCUT2D eigenvalue weighted by Crippen LogP contribution is -2.13. The third-order valence-electron chi connectivity index (χ3n) is 2.06. The first-order valence-electron chi connectivity index (χ1n) is 4.97. The van der Waals surface area contributed by atoms with Crippen LogP contribution >= 0.6 is 11.3 Å². The van der Waals surface area contributed by atoms with Gasteiger partial charge in [0.2, 0.25) is 5.88 Å². The highest BCUT2D eigenvalue weighted by atomic mass is 32.1. The smallest absolute Gasteiger partial charge is 0.213 e. The molecule has 0 fully saturated rings. The zero-order chi connectivity index (χ0) is 11.2. The van der Waals surface area contributed by atoms with Gasteiger partial charge in [0, 0.05) is 30.7 Å². The predicted molar refractivity (Wildman–Crippen MR) is 63.4 cm³/mol. The van der Waals surface area contributed by atoms with Crippen molar-refractivity contribution >= 4 is 11.3 Å². The van der Waals surface area contributed by atoms with Gasteiger partial charge in [-0.1, -0.05) is 6.07 Å². The van der Waals surface area contributed by atoms with Gasteiger partial charge in [-0.3, -0.25) is 0 Å². The minimum Gasteiger partial charge on any atom is -0.481 e. The molecule has 16 heavy (non-hydrogen) atoms. The van der Waals surface area contributed by atoms with E-state index in [9.17, 15) is 0 Å². The van der Waals surface area contributed by atoms with Gasteiger partial charge in [-0.25, -0.2) is 9.97 Å². The number of thiazole rings is 1. The molecule has 0 radical (unpaired) electrons. The lowest BCUT2D eigenvalue weighted by Gasteiger charge is -2.04. The van der Waals surface area contributed by atoms with Crippen molar-refractivity contribution in [2.45, 2.75) is 13.1 Å². The highest BCUT2D eigenvalue weighted by Gasteiger charge is 1.98. The lowest BCUT2D eigenvalue weighted by molar-refractivity contribution is 0.395. The topological polar surface area (TPSA) is 47.0 Å². The number of methoxy groups -OCH3 is 1. The number of nitrogens with one attached hydrogen (secondary N) is 1. The Labute approximate surface area is 98.3 Å². The minimum absolute atomic E-state index is 0.647. The van der Waals surface area contributed by atoms with Gasteiger partial charge >= 0.3 is 0 Å². The molecule has 0 amide bonds. The third-order valence-corrected chi connectivity index (χ3v) is 2.84. The van der Waals surface area contributed by atoms with E-state index in [0.717, 1.165) is 23.8 Å². The van der Waals surface area contributed by atoms with Crippen molar-refractivity contribution < 1.29 is 4.74 Å². The summed E-state index contributed by atoms with van der Waals surface area (Å²) < 4.78 is 5.06. The maximum Gasteiger partial charge on any atom is 0.213 e. The standard InChI is InChI=1S/C11H13N3OS/c1-15-10-4-2-3-9(14-10)7-12-8-11-13-5-6-16-11/h2-6,12H,7-8H2,1H3. The fourth-order valence-corrected chi connectivity index (χ4v) is 1.89. The third kappa shape index (κ3) is 3.01. The van der Waals surface area contributed by atoms with E-state index in [1.54, 1.807) is 18.4 Å². The number of pyridine rings is 1. The molecule has 2 heterocycles. The Hall–Kier alpha value is -1.46. The van der Waals surface area contributed by atoms with Gasteiger partial charge in [-0.2, -0.15) is 0 Å². The molecule has 0 bridgehead atoms. The van der Waals surface area contributed by atoms with Crippen molar-refractivity contribution in [1.82, 2.24) is 15.3 Å². The van der Waals surface area contributed by atoms with Crippen LogP contribution < -0.4 is 10.1 Å². The van der Waals surface area contributed by atoms with E-state index in [2.05, 4.69) is 15.3 Å². The van der Waals surface area contributed by atoms with Crippen LogP contribution in [0.3, 0.4) is 0 Å². The van der Waals surface area contributed by atoms with Crippen LogP contribution in [-0.4, -0.2) is 17.1 Å². The molecule has 0 aliphatic rings. The van der Waals surface area contributed by atoms with Crippen LogP contribution in [0.15, 0.2) is 29.8 Å². The first-order valence-corrected chi connectivity index (χ1v) is 5.85. The zero-order valence-corrected chi connectivity index (χ0v) is 9.83. The summed E-state index contributed by atoms with van der Waals surface area (Å²) in [7, 11) is 1.62. The van der Waals surface area contributed by atoms with E-state index in [1.165, 1.54) is 0 Å². The quantitative estimate of drug-likeness (QED) is 0.859. The average molecular weight is 235 g/mol. The van der Waals surface area contributed by atoms with Crippen LogP contribution in [-0.2, 0) is 13.1 Å². The number of aromatic nitrogens is 2. The molecule has 0 unspecified atom stereocenters. The lowest BCUT2D eigenvalue weighted by atomic mass is 10.3. The first kappa shape index (κ1) is 11.0. The van der Waals surface area contributed by atoms with Crippen LogP contribution in [0, 0.1) is 0 Å². The maximum atomic E-state index is 5.06. The molecule has 0 aliphatic heterocycles. The molecule has 2 rings (SSSR count). The summed E-state index contributed by atoms with van der Waals surface area (Å²) in [6, 6.07) is 5.74. The fourth-order valence-electron chi connectivity index (χ4n) is 1.31. The summed E-state index contributed by atoms with van der Waals surface area (Å²) in [6.07, 6.45) is 1.81. The molecule has 0 saturated heterocycles. The van der Waals surface area contributed by atoms with Crippen LogP contribution in [0.4, 0.5) is 0 Å². The summed E-state index contributed by atoms with van der Waals surface area (Å²) in [5.74, 6) is 0.647. The predicted octanol–water partition coefficient (Wildman–Crippen LogP) is 1.84. The van der Waals surface area contributed by atoms with E-state index in [0.29, 0.717) is 5.88 Å². The summed E-state index contributed by atoms with van der Waals surface area (Å²) in [5, 5.41) is 6.34. The summed E-state index contributed by atoms with van der Waals surface area (Å²) >= 11 is 1.65. The molecule has 0 atom stereocenters. The molecule has 5 heteroatoms. The Kier molecular flexibility index (Phi) is 3.85. The molecular weight excluding hydrogens is 222 g/mol. The molecule has 2 aromatic rings. The molecule has 4 nitrogen and oxygen atoms in total. The number of hydrogen-bond donors (Lipinski definition) is 1. The molecule has 84 valence electrons. The highest BCUT2D eigenvalue weighted by molar-refractivity contribution is 7.09. The second-order valence-corrected chi connectivity index (χ2v) is 4.18. The zero-order valence-electron chi connectivity index (χ0n) is 9.01. The number of rotatable bonds is 5. The van der Waals surface area contributed by atoms with E-state index in [1.807, 2.05) is 29.8 Å². The van der Waals surface area contributed by atoms with Gasteiger partial charge in [-0.05, 0) is 6.07 Å². The van der Waals surface area contributed by atoms with Crippen molar-refractivity contribution in [2.75, 3.05) is 7.11 Å². The van der Waals surface area contributed by atoms with Crippen molar-refractivity contribution in [3.63, 3.8) is 0 Å². The summed E-state index contributed by atoms with van der Waals surface area (Å²) in [5.41, 5.74) is 0.968. The van der Waals surface area contributed by atoms with Gasteiger partial charge < -0.3 is 10.1 Å². The molecule has 0 aromatic carbocycles. The number of ether oxygens (including phenoxy) is 1. The molecule has 0 spiro atoms. The molecule has 0 saturated carbocycles. The monoisotopic (exact) mass is 235 g/mol. The van der Waals surface area contributed by atoms with E-state index >= 15 is 0 Å². The normalized spacial score (nSPS) is 10.3. The maximum absolute atomic E-state index is 5.06. The molecular formula is C11H13N3OS. The van der Waals surface area contributed by atoms with Gasteiger partial charge in [0.15, 0.2) is 0 Å². The van der Waals surface area contributed by atoms with Crippen molar-refractivity contribution in [1.29, 1.82) is 0 Å². The van der Waals surface area contributed by atoms with Crippen LogP contribution in [0.1, 0.15) is 10.7 Å². The summed E-state index contributed by atoms with van der Waals surface area (Å²) in [4.78, 5) is 8.50. The van der Waals surface area contributed by atoms with E-state index in [4.69, 9.17) is 4.74 Å². The Morgan fingerprint density at radius 1 is 1.38 bits per heavy atom. The Morgan fingerprint density at radius 3 is 3.06 bits per heavy atom. The highest BCUT2D eigenvalue weighted by Crippen LogP contribution is 2.07. The van der Waals surface area contributed by atoms with Gasteiger partial charge in [0.05, 0.1) is 12.8 Å². The second-order valence-electron chi connectivity index (χ2n) is 3.20.